The molecule has 1 aromatic heterocycles. The van der Waals surface area contributed by atoms with Gasteiger partial charge in [0.1, 0.15) is 12.4 Å². The molecule has 1 heterocycles. The Morgan fingerprint density at radius 3 is 2.88 bits per heavy atom. The molecule has 2 aromatic rings. The van der Waals surface area contributed by atoms with E-state index in [9.17, 15) is 4.79 Å². The minimum absolute atomic E-state index is 0.00331. The summed E-state index contributed by atoms with van der Waals surface area (Å²) in [6.07, 6.45) is 2.13. The highest BCUT2D eigenvalue weighted by Crippen LogP contribution is 2.24. The third-order valence-corrected chi connectivity index (χ3v) is 5.05. The number of aromatic nitrogens is 3. The zero-order chi connectivity index (χ0) is 18.0. The van der Waals surface area contributed by atoms with E-state index in [2.05, 4.69) is 21.6 Å². The molecule has 0 spiro atoms. The molecule has 0 saturated heterocycles. The summed E-state index contributed by atoms with van der Waals surface area (Å²) in [6, 6.07) is 6.33. The second-order valence-electron chi connectivity index (χ2n) is 6.37. The van der Waals surface area contributed by atoms with Gasteiger partial charge in [-0.05, 0) is 45.2 Å². The molecule has 0 aliphatic heterocycles. The van der Waals surface area contributed by atoms with Gasteiger partial charge in [-0.1, -0.05) is 29.5 Å². The number of hydrogen-bond acceptors (Lipinski definition) is 6. The summed E-state index contributed by atoms with van der Waals surface area (Å²) in [7, 11) is 0. The molecule has 1 atom stereocenters. The summed E-state index contributed by atoms with van der Waals surface area (Å²) in [6.45, 7) is 6.09. The van der Waals surface area contributed by atoms with Crippen molar-refractivity contribution in [3.05, 3.63) is 35.2 Å². The zero-order valence-corrected chi connectivity index (χ0v) is 15.5. The van der Waals surface area contributed by atoms with Crippen LogP contribution in [0, 0.1) is 13.8 Å². The number of carbonyl (C=O) groups excluding carboxylic acids is 1. The standard InChI is InChI=1S/C17H23N5O2S/c1-10-4-7-14(11(2)8-10)24-9-15-20-21-17(22(15)18)25-12(3)16(23)19-13-5-6-13/h4,7-8,12-13H,5-6,9,18H2,1-3H3,(H,19,23)/t12-/m1/s1. The van der Waals surface area contributed by atoms with Crippen molar-refractivity contribution in [2.45, 2.75) is 56.7 Å². The number of benzene rings is 1. The number of ether oxygens (including phenoxy) is 1. The summed E-state index contributed by atoms with van der Waals surface area (Å²) in [5.41, 5.74) is 2.24. The fourth-order valence-electron chi connectivity index (χ4n) is 2.35. The first-order valence-electron chi connectivity index (χ1n) is 8.30. The number of nitrogens with zero attached hydrogens (tertiary/aromatic N) is 3. The van der Waals surface area contributed by atoms with Crippen molar-refractivity contribution >= 4 is 17.7 Å². The molecule has 1 aliphatic rings. The molecule has 3 N–H and O–H groups in total. The average Bonchev–Trinajstić information content (AvgIpc) is 3.32. The number of nitrogens with one attached hydrogen (secondary N) is 1. The molecular formula is C17H23N5O2S. The van der Waals surface area contributed by atoms with E-state index in [1.807, 2.05) is 32.9 Å². The number of hydrogen-bond donors (Lipinski definition) is 2. The van der Waals surface area contributed by atoms with Crippen LogP contribution in [0.3, 0.4) is 0 Å². The molecular weight excluding hydrogens is 338 g/mol. The largest absolute Gasteiger partial charge is 0.485 e. The van der Waals surface area contributed by atoms with Gasteiger partial charge in [0.2, 0.25) is 11.1 Å². The minimum atomic E-state index is -0.278. The van der Waals surface area contributed by atoms with Crippen LogP contribution in [0.4, 0.5) is 0 Å². The number of carbonyl (C=O) groups is 1. The lowest BCUT2D eigenvalue weighted by Crippen LogP contribution is -2.32. The monoisotopic (exact) mass is 361 g/mol. The van der Waals surface area contributed by atoms with Gasteiger partial charge in [-0.25, -0.2) is 4.68 Å². The third-order valence-electron chi connectivity index (χ3n) is 4.00. The summed E-state index contributed by atoms with van der Waals surface area (Å²) >= 11 is 1.29. The Hall–Kier alpha value is -2.22. The van der Waals surface area contributed by atoms with Crippen molar-refractivity contribution in [2.24, 2.45) is 0 Å². The van der Waals surface area contributed by atoms with Crippen molar-refractivity contribution in [3.63, 3.8) is 0 Å². The molecule has 0 radical (unpaired) electrons. The van der Waals surface area contributed by atoms with Crippen molar-refractivity contribution < 1.29 is 9.53 Å². The van der Waals surface area contributed by atoms with Crippen molar-refractivity contribution in [1.29, 1.82) is 0 Å². The Morgan fingerprint density at radius 2 is 2.20 bits per heavy atom. The molecule has 1 amide bonds. The maximum Gasteiger partial charge on any atom is 0.233 e. The molecule has 0 unspecified atom stereocenters. The number of rotatable bonds is 7. The number of nitrogen functional groups attached to an aromatic ring is 1. The highest BCUT2D eigenvalue weighted by molar-refractivity contribution is 8.00. The van der Waals surface area contributed by atoms with Gasteiger partial charge in [-0.15, -0.1) is 10.2 Å². The highest BCUT2D eigenvalue weighted by Gasteiger charge is 2.27. The van der Waals surface area contributed by atoms with E-state index < -0.39 is 0 Å². The van der Waals surface area contributed by atoms with Crippen LogP contribution in [-0.2, 0) is 11.4 Å². The van der Waals surface area contributed by atoms with Crippen molar-refractivity contribution in [2.75, 3.05) is 5.84 Å². The molecule has 0 bridgehead atoms. The number of amides is 1. The second kappa shape index (κ2) is 7.35. The van der Waals surface area contributed by atoms with Crippen LogP contribution in [0.1, 0.15) is 36.7 Å². The number of aryl methyl sites for hydroxylation is 2. The summed E-state index contributed by atoms with van der Waals surface area (Å²) in [5.74, 6) is 7.36. The van der Waals surface area contributed by atoms with Gasteiger partial charge in [-0.2, -0.15) is 0 Å². The fourth-order valence-corrected chi connectivity index (χ4v) is 3.15. The van der Waals surface area contributed by atoms with Crippen LogP contribution in [0.15, 0.2) is 23.4 Å². The molecule has 1 fully saturated rings. The van der Waals surface area contributed by atoms with Gasteiger partial charge in [0.15, 0.2) is 5.82 Å². The molecule has 1 aromatic carbocycles. The second-order valence-corrected chi connectivity index (χ2v) is 7.68. The first-order chi connectivity index (χ1) is 11.9. The lowest BCUT2D eigenvalue weighted by molar-refractivity contribution is -0.120. The number of thioether (sulfide) groups is 1. The Bertz CT molecular complexity index is 772. The van der Waals surface area contributed by atoms with E-state index in [1.54, 1.807) is 0 Å². The fraction of sp³-hybridized carbons (Fsp3) is 0.471. The van der Waals surface area contributed by atoms with Crippen molar-refractivity contribution in [3.8, 4) is 5.75 Å². The van der Waals surface area contributed by atoms with Crippen molar-refractivity contribution in [1.82, 2.24) is 20.2 Å². The maximum atomic E-state index is 12.0. The predicted molar refractivity (Wildman–Crippen MR) is 96.9 cm³/mol. The lowest BCUT2D eigenvalue weighted by atomic mass is 10.1. The molecule has 8 heteroatoms. The van der Waals surface area contributed by atoms with E-state index in [-0.39, 0.29) is 17.8 Å². The van der Waals surface area contributed by atoms with E-state index >= 15 is 0 Å². The van der Waals surface area contributed by atoms with Gasteiger partial charge in [-0.3, -0.25) is 4.79 Å². The highest BCUT2D eigenvalue weighted by atomic mass is 32.2. The predicted octanol–water partition coefficient (Wildman–Crippen LogP) is 1.95. The van der Waals surface area contributed by atoms with E-state index in [0.29, 0.717) is 17.0 Å². The first-order valence-corrected chi connectivity index (χ1v) is 9.18. The minimum Gasteiger partial charge on any atom is -0.485 e. The van der Waals surface area contributed by atoms with E-state index in [1.165, 1.54) is 22.0 Å². The topological polar surface area (TPSA) is 95.1 Å². The van der Waals surface area contributed by atoms with Crippen LogP contribution < -0.4 is 15.9 Å². The average molecular weight is 361 g/mol. The van der Waals surface area contributed by atoms with E-state index in [0.717, 1.165) is 24.2 Å². The normalized spacial score (nSPS) is 15.0. The van der Waals surface area contributed by atoms with Gasteiger partial charge < -0.3 is 15.9 Å². The van der Waals surface area contributed by atoms with Crippen LogP contribution in [0.5, 0.6) is 5.75 Å². The summed E-state index contributed by atoms with van der Waals surface area (Å²) < 4.78 is 7.18. The summed E-state index contributed by atoms with van der Waals surface area (Å²) in [4.78, 5) is 12.0. The van der Waals surface area contributed by atoms with Gasteiger partial charge in [0.05, 0.1) is 5.25 Å². The molecule has 1 aliphatic carbocycles. The Balaban J connectivity index is 1.59. The smallest absolute Gasteiger partial charge is 0.233 e. The van der Waals surface area contributed by atoms with Crippen LogP contribution >= 0.6 is 11.8 Å². The van der Waals surface area contributed by atoms with Crippen LogP contribution in [0.25, 0.3) is 0 Å². The molecule has 1 saturated carbocycles. The SMILES string of the molecule is Cc1ccc(OCc2nnc(S[C@H](C)C(=O)NC3CC3)n2N)c(C)c1. The van der Waals surface area contributed by atoms with Gasteiger partial charge in [0.25, 0.3) is 0 Å². The Kier molecular flexibility index (Phi) is 5.17. The molecule has 25 heavy (non-hydrogen) atoms. The molecule has 3 rings (SSSR count). The first kappa shape index (κ1) is 17.6. The van der Waals surface area contributed by atoms with Crippen LogP contribution in [0.2, 0.25) is 0 Å². The Labute approximate surface area is 151 Å². The maximum absolute atomic E-state index is 12.0. The Morgan fingerprint density at radius 1 is 1.44 bits per heavy atom. The zero-order valence-electron chi connectivity index (χ0n) is 14.7. The molecule has 134 valence electrons. The third kappa shape index (κ3) is 4.45. The summed E-state index contributed by atoms with van der Waals surface area (Å²) in [5, 5.41) is 11.3. The van der Waals surface area contributed by atoms with Gasteiger partial charge in [0, 0.05) is 6.04 Å². The molecule has 7 nitrogen and oxygen atoms in total. The van der Waals surface area contributed by atoms with E-state index in [4.69, 9.17) is 10.6 Å². The lowest BCUT2D eigenvalue weighted by Gasteiger charge is -2.11. The van der Waals surface area contributed by atoms with Crippen LogP contribution in [-0.4, -0.2) is 32.1 Å². The van der Waals surface area contributed by atoms with Gasteiger partial charge >= 0.3 is 0 Å². The quantitative estimate of drug-likeness (QED) is 0.578. The number of nitrogens with two attached hydrogens (primary N) is 1.